The number of primary amides is 1. The Morgan fingerprint density at radius 2 is 2.20 bits per heavy atom. The van der Waals surface area contributed by atoms with Crippen LogP contribution in [-0.4, -0.2) is 12.2 Å². The lowest BCUT2D eigenvalue weighted by Gasteiger charge is -1.94. The molecule has 0 fully saturated rings. The highest BCUT2D eigenvalue weighted by molar-refractivity contribution is 6.31. The maximum atomic E-state index is 10.5. The molecule has 0 bridgehead atoms. The van der Waals surface area contributed by atoms with Crippen LogP contribution in [0.25, 0.3) is 0 Å². The van der Waals surface area contributed by atoms with Crippen molar-refractivity contribution in [3.63, 3.8) is 0 Å². The molecular weight excluding hydrogens is 214 g/mol. The van der Waals surface area contributed by atoms with E-state index in [0.717, 1.165) is 0 Å². The van der Waals surface area contributed by atoms with Crippen molar-refractivity contribution < 1.29 is 9.59 Å². The Bertz CT molecular complexity index is 457. The number of hydrogen-bond donors (Lipinski definition) is 1. The minimum absolute atomic E-state index is 0.0110. The van der Waals surface area contributed by atoms with E-state index in [1.54, 1.807) is 12.1 Å². The zero-order chi connectivity index (χ0) is 11.3. The standard InChI is InChI=1S/C11H8ClNO2/c12-10-5-8(2-1-3-11(13)15)4-9(6-10)7-14/h4-7H,3H2,(H2,13,15). The quantitative estimate of drug-likeness (QED) is 0.606. The zero-order valence-electron chi connectivity index (χ0n) is 7.79. The van der Waals surface area contributed by atoms with Crippen molar-refractivity contribution in [1.29, 1.82) is 0 Å². The van der Waals surface area contributed by atoms with E-state index in [-0.39, 0.29) is 6.42 Å². The van der Waals surface area contributed by atoms with Crippen molar-refractivity contribution in [3.8, 4) is 11.8 Å². The lowest BCUT2D eigenvalue weighted by Crippen LogP contribution is -2.08. The van der Waals surface area contributed by atoms with Gasteiger partial charge in [-0.3, -0.25) is 9.59 Å². The molecule has 0 unspecified atom stereocenters. The van der Waals surface area contributed by atoms with Crippen LogP contribution in [0.3, 0.4) is 0 Å². The fraction of sp³-hybridized carbons (Fsp3) is 0.0909. The van der Waals surface area contributed by atoms with Crippen LogP contribution in [0.1, 0.15) is 22.3 Å². The maximum absolute atomic E-state index is 10.5. The van der Waals surface area contributed by atoms with Gasteiger partial charge in [0, 0.05) is 16.1 Å². The third-order valence-corrected chi connectivity index (χ3v) is 1.77. The average molecular weight is 222 g/mol. The molecule has 15 heavy (non-hydrogen) atoms. The molecule has 0 aliphatic carbocycles. The van der Waals surface area contributed by atoms with Gasteiger partial charge in [0.05, 0.1) is 6.42 Å². The first kappa shape index (κ1) is 11.3. The van der Waals surface area contributed by atoms with Crippen LogP contribution in [-0.2, 0) is 4.79 Å². The lowest BCUT2D eigenvalue weighted by atomic mass is 10.1. The Labute approximate surface area is 92.2 Å². The molecule has 0 aliphatic rings. The van der Waals surface area contributed by atoms with Gasteiger partial charge in [0.15, 0.2) is 0 Å². The zero-order valence-corrected chi connectivity index (χ0v) is 8.54. The topological polar surface area (TPSA) is 60.2 Å². The van der Waals surface area contributed by atoms with Crippen LogP contribution >= 0.6 is 11.6 Å². The average Bonchev–Trinajstić information content (AvgIpc) is 2.16. The highest BCUT2D eigenvalue weighted by Gasteiger charge is 1.96. The molecule has 3 nitrogen and oxygen atoms in total. The first-order valence-electron chi connectivity index (χ1n) is 4.15. The molecule has 0 saturated carbocycles. The fourth-order valence-corrected chi connectivity index (χ4v) is 1.23. The third-order valence-electron chi connectivity index (χ3n) is 1.55. The van der Waals surface area contributed by atoms with Gasteiger partial charge in [0.1, 0.15) is 6.29 Å². The summed E-state index contributed by atoms with van der Waals surface area (Å²) in [6.45, 7) is 0. The first-order valence-corrected chi connectivity index (χ1v) is 4.52. The smallest absolute Gasteiger partial charge is 0.229 e. The largest absolute Gasteiger partial charge is 0.369 e. The fourth-order valence-electron chi connectivity index (χ4n) is 0.986. The Hall–Kier alpha value is -1.79. The predicted molar refractivity (Wildman–Crippen MR) is 57.5 cm³/mol. The molecule has 0 atom stereocenters. The Kier molecular flexibility index (Phi) is 3.90. The van der Waals surface area contributed by atoms with Gasteiger partial charge in [-0.2, -0.15) is 0 Å². The van der Waals surface area contributed by atoms with Crippen molar-refractivity contribution in [2.24, 2.45) is 5.73 Å². The molecule has 1 rings (SSSR count). The second-order valence-electron chi connectivity index (χ2n) is 2.84. The molecule has 1 aromatic rings. The molecule has 4 heteroatoms. The van der Waals surface area contributed by atoms with E-state index in [1.807, 2.05) is 0 Å². The highest BCUT2D eigenvalue weighted by Crippen LogP contribution is 2.13. The Morgan fingerprint density at radius 3 is 2.80 bits per heavy atom. The molecule has 0 heterocycles. The summed E-state index contributed by atoms with van der Waals surface area (Å²) in [5.41, 5.74) is 5.96. The van der Waals surface area contributed by atoms with Gasteiger partial charge in [0.25, 0.3) is 0 Å². The summed E-state index contributed by atoms with van der Waals surface area (Å²) in [6, 6.07) is 4.74. The summed E-state index contributed by atoms with van der Waals surface area (Å²) >= 11 is 5.75. The molecule has 0 saturated heterocycles. The molecule has 0 spiro atoms. The monoisotopic (exact) mass is 221 g/mol. The van der Waals surface area contributed by atoms with E-state index >= 15 is 0 Å². The summed E-state index contributed by atoms with van der Waals surface area (Å²) in [5.74, 6) is 4.79. The number of carbonyl (C=O) groups is 2. The lowest BCUT2D eigenvalue weighted by molar-refractivity contribution is -0.117. The van der Waals surface area contributed by atoms with E-state index in [9.17, 15) is 9.59 Å². The summed E-state index contributed by atoms with van der Waals surface area (Å²) in [5, 5.41) is 0.433. The SMILES string of the molecule is NC(=O)CC#Cc1cc(Cl)cc(C=O)c1. The van der Waals surface area contributed by atoms with Gasteiger partial charge >= 0.3 is 0 Å². The second-order valence-corrected chi connectivity index (χ2v) is 3.27. The second kappa shape index (κ2) is 5.18. The van der Waals surface area contributed by atoms with Crippen LogP contribution < -0.4 is 5.73 Å². The molecule has 0 radical (unpaired) electrons. The number of amides is 1. The van der Waals surface area contributed by atoms with Crippen molar-refractivity contribution in [2.75, 3.05) is 0 Å². The van der Waals surface area contributed by atoms with Crippen LogP contribution in [0.5, 0.6) is 0 Å². The minimum Gasteiger partial charge on any atom is -0.369 e. The van der Waals surface area contributed by atoms with Crippen molar-refractivity contribution in [2.45, 2.75) is 6.42 Å². The highest BCUT2D eigenvalue weighted by atomic mass is 35.5. The molecule has 76 valence electrons. The van der Waals surface area contributed by atoms with E-state index in [4.69, 9.17) is 17.3 Å². The summed E-state index contributed by atoms with van der Waals surface area (Å²) in [6.07, 6.45) is 0.675. The molecular formula is C11H8ClNO2. The van der Waals surface area contributed by atoms with Gasteiger partial charge in [0.2, 0.25) is 5.91 Å². The first-order chi connectivity index (χ1) is 7.11. The van der Waals surface area contributed by atoms with Crippen LogP contribution in [0.4, 0.5) is 0 Å². The number of halogens is 1. The van der Waals surface area contributed by atoms with Gasteiger partial charge in [-0.05, 0) is 18.2 Å². The molecule has 0 aliphatic heterocycles. The summed E-state index contributed by atoms with van der Waals surface area (Å²) in [4.78, 5) is 20.9. The van der Waals surface area contributed by atoms with Crippen molar-refractivity contribution >= 4 is 23.8 Å². The van der Waals surface area contributed by atoms with Crippen LogP contribution in [0.15, 0.2) is 18.2 Å². The molecule has 2 N–H and O–H groups in total. The van der Waals surface area contributed by atoms with E-state index in [1.165, 1.54) is 6.07 Å². The predicted octanol–water partition coefficient (Wildman–Crippen LogP) is 1.38. The summed E-state index contributed by atoms with van der Waals surface area (Å²) < 4.78 is 0. The minimum atomic E-state index is -0.486. The molecule has 1 aromatic carbocycles. The summed E-state index contributed by atoms with van der Waals surface area (Å²) in [7, 11) is 0. The van der Waals surface area contributed by atoms with Crippen LogP contribution in [0, 0.1) is 11.8 Å². The number of carbonyl (C=O) groups excluding carboxylic acids is 2. The van der Waals surface area contributed by atoms with Crippen molar-refractivity contribution in [3.05, 3.63) is 34.3 Å². The normalized spacial score (nSPS) is 8.87. The molecule has 0 aromatic heterocycles. The number of rotatable bonds is 2. The van der Waals surface area contributed by atoms with E-state index in [0.29, 0.717) is 22.4 Å². The number of aldehydes is 1. The van der Waals surface area contributed by atoms with E-state index < -0.39 is 5.91 Å². The third kappa shape index (κ3) is 3.84. The van der Waals surface area contributed by atoms with Gasteiger partial charge in [-0.25, -0.2) is 0 Å². The number of nitrogens with two attached hydrogens (primary N) is 1. The van der Waals surface area contributed by atoms with E-state index in [2.05, 4.69) is 11.8 Å². The van der Waals surface area contributed by atoms with Gasteiger partial charge < -0.3 is 5.73 Å². The van der Waals surface area contributed by atoms with Gasteiger partial charge in [-0.15, -0.1) is 0 Å². The van der Waals surface area contributed by atoms with Crippen LogP contribution in [0.2, 0.25) is 5.02 Å². The maximum Gasteiger partial charge on any atom is 0.229 e. The Balaban J connectivity index is 2.92. The number of hydrogen-bond acceptors (Lipinski definition) is 2. The van der Waals surface area contributed by atoms with Gasteiger partial charge in [-0.1, -0.05) is 23.4 Å². The Morgan fingerprint density at radius 1 is 1.47 bits per heavy atom. The van der Waals surface area contributed by atoms with Crippen molar-refractivity contribution in [1.82, 2.24) is 0 Å². The molecule has 1 amide bonds. The number of benzene rings is 1.